The van der Waals surface area contributed by atoms with Crippen molar-refractivity contribution < 1.29 is 9.59 Å². The van der Waals surface area contributed by atoms with Crippen LogP contribution in [-0.2, 0) is 17.9 Å². The normalized spacial score (nSPS) is 11.1. The minimum absolute atomic E-state index is 0.235. The highest BCUT2D eigenvalue weighted by Crippen LogP contribution is 2.17. The molecule has 34 heavy (non-hydrogen) atoms. The molecule has 8 nitrogen and oxygen atoms in total. The number of carbonyl (C=O) groups is 2. The summed E-state index contributed by atoms with van der Waals surface area (Å²) in [6.45, 7) is 6.35. The summed E-state index contributed by atoms with van der Waals surface area (Å²) in [4.78, 5) is 37.8. The van der Waals surface area contributed by atoms with Crippen LogP contribution in [0.25, 0.3) is 5.65 Å². The van der Waals surface area contributed by atoms with Crippen molar-refractivity contribution in [1.29, 1.82) is 0 Å². The summed E-state index contributed by atoms with van der Waals surface area (Å²) in [5.74, 6) is -0.264. The molecule has 2 aromatic carbocycles. The van der Waals surface area contributed by atoms with Gasteiger partial charge in [-0.2, -0.15) is 0 Å². The van der Waals surface area contributed by atoms with Gasteiger partial charge in [-0.15, -0.1) is 5.10 Å². The first kappa shape index (κ1) is 23.0. The number of benzene rings is 2. The van der Waals surface area contributed by atoms with E-state index in [1.165, 1.54) is 16.2 Å². The van der Waals surface area contributed by atoms with Gasteiger partial charge in [-0.25, -0.2) is 13.9 Å². The lowest BCUT2D eigenvalue weighted by atomic mass is 10.0. The highest BCUT2D eigenvalue weighted by atomic mass is 16.2. The third-order valence-electron chi connectivity index (χ3n) is 5.57. The lowest BCUT2D eigenvalue weighted by Gasteiger charge is -2.08. The van der Waals surface area contributed by atoms with E-state index in [0.29, 0.717) is 29.4 Å². The Hall–Kier alpha value is -4.20. The molecule has 2 aromatic heterocycles. The van der Waals surface area contributed by atoms with Gasteiger partial charge < -0.3 is 10.6 Å². The number of aromatic nitrogens is 3. The lowest BCUT2D eigenvalue weighted by molar-refractivity contribution is -0.117. The molecule has 0 fully saturated rings. The molecule has 0 saturated heterocycles. The van der Waals surface area contributed by atoms with Crippen LogP contribution < -0.4 is 16.3 Å². The number of rotatable bonds is 7. The highest BCUT2D eigenvalue weighted by molar-refractivity contribution is 5.94. The Balaban J connectivity index is 1.43. The fourth-order valence-corrected chi connectivity index (χ4v) is 3.53. The van der Waals surface area contributed by atoms with E-state index in [4.69, 9.17) is 0 Å². The molecule has 0 aliphatic carbocycles. The molecule has 0 atom stereocenters. The molecular weight excluding hydrogens is 430 g/mol. The van der Waals surface area contributed by atoms with Crippen molar-refractivity contribution in [2.24, 2.45) is 0 Å². The van der Waals surface area contributed by atoms with Gasteiger partial charge in [0.05, 0.1) is 5.56 Å². The Morgan fingerprint density at radius 2 is 1.68 bits per heavy atom. The monoisotopic (exact) mass is 457 g/mol. The van der Waals surface area contributed by atoms with E-state index in [1.807, 2.05) is 55.5 Å². The van der Waals surface area contributed by atoms with Crippen LogP contribution in [-0.4, -0.2) is 26.0 Å². The number of carbonyl (C=O) groups excluding carboxylic acids is 2. The van der Waals surface area contributed by atoms with E-state index in [-0.39, 0.29) is 18.4 Å². The second-order valence-electron chi connectivity index (χ2n) is 8.58. The van der Waals surface area contributed by atoms with Gasteiger partial charge in [0.15, 0.2) is 5.65 Å². The maximum absolute atomic E-state index is 12.8. The predicted molar refractivity (Wildman–Crippen MR) is 131 cm³/mol. The molecule has 0 bridgehead atoms. The molecule has 0 aliphatic rings. The van der Waals surface area contributed by atoms with Gasteiger partial charge in [0.25, 0.3) is 5.91 Å². The van der Waals surface area contributed by atoms with E-state index in [1.54, 1.807) is 12.1 Å². The summed E-state index contributed by atoms with van der Waals surface area (Å²) in [5.41, 5.74) is 4.15. The van der Waals surface area contributed by atoms with Crippen LogP contribution in [0.2, 0.25) is 0 Å². The zero-order chi connectivity index (χ0) is 24.2. The van der Waals surface area contributed by atoms with Crippen molar-refractivity contribution in [3.05, 3.63) is 99.6 Å². The number of hydrogen-bond acceptors (Lipinski definition) is 4. The van der Waals surface area contributed by atoms with Crippen LogP contribution in [0.3, 0.4) is 0 Å². The van der Waals surface area contributed by atoms with E-state index in [0.717, 1.165) is 15.8 Å². The Labute approximate surface area is 197 Å². The van der Waals surface area contributed by atoms with Crippen molar-refractivity contribution in [2.45, 2.75) is 39.8 Å². The smallest absolute Gasteiger partial charge is 0.348 e. The summed E-state index contributed by atoms with van der Waals surface area (Å²) < 4.78 is 2.35. The maximum atomic E-state index is 12.8. The zero-order valence-corrected chi connectivity index (χ0v) is 19.4. The number of nitrogens with one attached hydrogen (secondary N) is 2. The minimum atomic E-state index is -0.492. The quantitative estimate of drug-likeness (QED) is 0.444. The number of amides is 2. The maximum Gasteiger partial charge on any atom is 0.350 e. The van der Waals surface area contributed by atoms with Gasteiger partial charge in [-0.05, 0) is 48.2 Å². The number of fused-ring (bicyclic) bond motifs is 1. The molecule has 8 heteroatoms. The summed E-state index contributed by atoms with van der Waals surface area (Å²) >= 11 is 0. The van der Waals surface area contributed by atoms with E-state index in [2.05, 4.69) is 29.6 Å². The average Bonchev–Trinajstić information content (AvgIpc) is 3.13. The first-order valence-electron chi connectivity index (χ1n) is 11.1. The van der Waals surface area contributed by atoms with Crippen molar-refractivity contribution in [1.82, 2.24) is 19.5 Å². The Kier molecular flexibility index (Phi) is 6.58. The average molecular weight is 458 g/mol. The topological polar surface area (TPSA) is 97.5 Å². The Morgan fingerprint density at radius 3 is 2.35 bits per heavy atom. The van der Waals surface area contributed by atoms with Crippen molar-refractivity contribution in [2.75, 3.05) is 5.32 Å². The Morgan fingerprint density at radius 1 is 0.971 bits per heavy atom. The van der Waals surface area contributed by atoms with Crippen molar-refractivity contribution in [3.63, 3.8) is 0 Å². The molecule has 0 spiro atoms. The second-order valence-corrected chi connectivity index (χ2v) is 8.58. The van der Waals surface area contributed by atoms with Crippen molar-refractivity contribution >= 4 is 23.1 Å². The van der Waals surface area contributed by atoms with Gasteiger partial charge >= 0.3 is 5.69 Å². The van der Waals surface area contributed by atoms with Crippen LogP contribution in [0.4, 0.5) is 5.69 Å². The van der Waals surface area contributed by atoms with Gasteiger partial charge in [0.1, 0.15) is 6.54 Å². The first-order chi connectivity index (χ1) is 16.3. The lowest BCUT2D eigenvalue weighted by Crippen LogP contribution is -2.28. The first-order valence-corrected chi connectivity index (χ1v) is 11.1. The van der Waals surface area contributed by atoms with E-state index < -0.39 is 5.69 Å². The highest BCUT2D eigenvalue weighted by Gasteiger charge is 2.14. The number of anilines is 1. The summed E-state index contributed by atoms with van der Waals surface area (Å²) in [5, 5.41) is 9.84. The molecule has 0 aliphatic heterocycles. The fourth-order valence-electron chi connectivity index (χ4n) is 3.53. The third-order valence-corrected chi connectivity index (χ3v) is 5.57. The van der Waals surface area contributed by atoms with Crippen molar-refractivity contribution in [3.8, 4) is 0 Å². The molecule has 174 valence electrons. The molecule has 4 rings (SSSR count). The van der Waals surface area contributed by atoms with Crippen LogP contribution in [0.5, 0.6) is 0 Å². The summed E-state index contributed by atoms with van der Waals surface area (Å²) in [6, 6.07) is 18.7. The van der Waals surface area contributed by atoms with Crippen LogP contribution in [0.15, 0.2) is 71.7 Å². The molecule has 2 heterocycles. The molecule has 2 N–H and O–H groups in total. The van der Waals surface area contributed by atoms with Crippen LogP contribution in [0, 0.1) is 6.92 Å². The number of pyridine rings is 1. The van der Waals surface area contributed by atoms with Gasteiger partial charge in [-0.3, -0.25) is 9.59 Å². The number of nitrogens with zero attached hydrogens (tertiary/aromatic N) is 3. The molecular formula is C26H27N5O3. The standard InChI is InChI=1S/C26H27N5O3/c1-17(2)20-8-11-22(12-9-20)28-24(32)16-31-26(34)30-15-21(10-13-23(30)29-31)25(33)27-14-19-6-4-18(3)5-7-19/h4-13,15,17H,14,16H2,1-3H3,(H,27,33)(H,28,32). The van der Waals surface area contributed by atoms with E-state index in [9.17, 15) is 14.4 Å². The van der Waals surface area contributed by atoms with Gasteiger partial charge in [0, 0.05) is 18.4 Å². The third kappa shape index (κ3) is 5.23. The molecule has 0 saturated carbocycles. The predicted octanol–water partition coefficient (Wildman–Crippen LogP) is 3.50. The number of aryl methyl sites for hydroxylation is 1. The van der Waals surface area contributed by atoms with Gasteiger partial charge in [-0.1, -0.05) is 55.8 Å². The largest absolute Gasteiger partial charge is 0.350 e. The molecule has 0 radical (unpaired) electrons. The summed E-state index contributed by atoms with van der Waals surface area (Å²) in [7, 11) is 0. The second kappa shape index (κ2) is 9.74. The fraction of sp³-hybridized carbons (Fsp3) is 0.231. The SMILES string of the molecule is Cc1ccc(CNC(=O)c2ccc3nn(CC(=O)Nc4ccc(C(C)C)cc4)c(=O)n3c2)cc1. The van der Waals surface area contributed by atoms with Gasteiger partial charge in [0.2, 0.25) is 5.91 Å². The van der Waals surface area contributed by atoms with Crippen LogP contribution in [0.1, 0.15) is 46.8 Å². The van der Waals surface area contributed by atoms with E-state index >= 15 is 0 Å². The summed E-state index contributed by atoms with van der Waals surface area (Å²) in [6.07, 6.45) is 1.44. The zero-order valence-electron chi connectivity index (χ0n) is 19.4. The Bertz CT molecular complexity index is 1380. The minimum Gasteiger partial charge on any atom is -0.348 e. The van der Waals surface area contributed by atoms with Crippen LogP contribution >= 0.6 is 0 Å². The molecule has 0 unspecified atom stereocenters. The molecule has 4 aromatic rings. The molecule has 2 amide bonds. The number of hydrogen-bond donors (Lipinski definition) is 2.